The second-order valence-electron chi connectivity index (χ2n) is 6.69. The van der Waals surface area contributed by atoms with Gasteiger partial charge in [0.1, 0.15) is 0 Å². The number of benzene rings is 1. The van der Waals surface area contributed by atoms with Crippen molar-refractivity contribution in [2.45, 2.75) is 45.2 Å². The molecule has 24 heavy (non-hydrogen) atoms. The zero-order valence-corrected chi connectivity index (χ0v) is 15.1. The van der Waals surface area contributed by atoms with E-state index >= 15 is 0 Å². The van der Waals surface area contributed by atoms with Crippen molar-refractivity contribution in [1.82, 2.24) is 15.5 Å². The highest BCUT2D eigenvalue weighted by atomic mass is 35.5. The molecule has 2 rings (SSSR count). The molecule has 0 spiro atoms. The van der Waals surface area contributed by atoms with E-state index in [1.807, 2.05) is 36.2 Å². The number of nitrogens with one attached hydrogen (secondary N) is 2. The number of rotatable bonds is 5. The first-order valence-corrected chi connectivity index (χ1v) is 8.85. The van der Waals surface area contributed by atoms with Gasteiger partial charge in [-0.3, -0.25) is 15.0 Å². The lowest BCUT2D eigenvalue weighted by Gasteiger charge is -2.29. The maximum absolute atomic E-state index is 12.0. The van der Waals surface area contributed by atoms with Crippen LogP contribution in [0.3, 0.4) is 0 Å². The van der Waals surface area contributed by atoms with Gasteiger partial charge in [-0.1, -0.05) is 43.5 Å². The van der Waals surface area contributed by atoms with Crippen molar-refractivity contribution < 1.29 is 9.59 Å². The van der Waals surface area contributed by atoms with Gasteiger partial charge in [0, 0.05) is 17.6 Å². The number of hydrogen-bond donors (Lipinski definition) is 2. The Morgan fingerprint density at radius 1 is 1.29 bits per heavy atom. The summed E-state index contributed by atoms with van der Waals surface area (Å²) in [6.07, 6.45) is 4.46. The fraction of sp³-hybridized carbons (Fsp3) is 0.556. The fourth-order valence-electron chi connectivity index (χ4n) is 3.15. The summed E-state index contributed by atoms with van der Waals surface area (Å²) in [7, 11) is 1.83. The zero-order valence-electron chi connectivity index (χ0n) is 14.3. The smallest absolute Gasteiger partial charge is 0.321 e. The standard InChI is InChI=1S/C18H26ClN3O2/c1-13-6-3-4-9-16(13)20-18(24)21-17(23)12-22(2)11-14-7-5-8-15(19)10-14/h5,7-8,10,13,16H,3-4,6,9,11-12H2,1-2H3,(H2,20,21,23,24). The van der Waals surface area contributed by atoms with Crippen LogP contribution < -0.4 is 10.6 Å². The van der Waals surface area contributed by atoms with Gasteiger partial charge >= 0.3 is 6.03 Å². The van der Waals surface area contributed by atoms with E-state index < -0.39 is 6.03 Å². The van der Waals surface area contributed by atoms with Crippen molar-refractivity contribution in [3.05, 3.63) is 34.9 Å². The highest BCUT2D eigenvalue weighted by molar-refractivity contribution is 6.30. The van der Waals surface area contributed by atoms with Gasteiger partial charge in [0.25, 0.3) is 0 Å². The number of amides is 3. The number of urea groups is 1. The second kappa shape index (κ2) is 9.04. The number of likely N-dealkylation sites (N-methyl/N-ethyl adjacent to an activating group) is 1. The average Bonchev–Trinajstić information content (AvgIpc) is 2.49. The largest absolute Gasteiger partial charge is 0.335 e. The molecule has 132 valence electrons. The van der Waals surface area contributed by atoms with Crippen LogP contribution in [0.15, 0.2) is 24.3 Å². The maximum Gasteiger partial charge on any atom is 0.321 e. The van der Waals surface area contributed by atoms with Crippen LogP contribution in [0.2, 0.25) is 5.02 Å². The molecule has 0 saturated heterocycles. The molecule has 0 bridgehead atoms. The molecule has 5 nitrogen and oxygen atoms in total. The Morgan fingerprint density at radius 2 is 2.04 bits per heavy atom. The Kier molecular flexibility index (Phi) is 7.06. The van der Waals surface area contributed by atoms with Gasteiger partial charge in [0.2, 0.25) is 5.91 Å². The Bertz CT molecular complexity index is 579. The Morgan fingerprint density at radius 3 is 2.75 bits per heavy atom. The summed E-state index contributed by atoms with van der Waals surface area (Å²) in [5, 5.41) is 6.01. The zero-order chi connectivity index (χ0) is 17.5. The minimum atomic E-state index is -0.394. The van der Waals surface area contributed by atoms with E-state index in [-0.39, 0.29) is 18.5 Å². The van der Waals surface area contributed by atoms with Crippen LogP contribution in [0, 0.1) is 5.92 Å². The highest BCUT2D eigenvalue weighted by Crippen LogP contribution is 2.23. The SMILES string of the molecule is CC1CCCCC1NC(=O)NC(=O)CN(C)Cc1cccc(Cl)c1. The summed E-state index contributed by atoms with van der Waals surface area (Å²) in [5.74, 6) is 0.158. The van der Waals surface area contributed by atoms with Crippen molar-refractivity contribution in [2.24, 2.45) is 5.92 Å². The molecule has 0 aliphatic heterocycles. The molecule has 2 N–H and O–H groups in total. The van der Waals surface area contributed by atoms with Crippen LogP contribution in [0.25, 0.3) is 0 Å². The summed E-state index contributed by atoms with van der Waals surface area (Å²) in [6.45, 7) is 2.89. The number of nitrogens with zero attached hydrogens (tertiary/aromatic N) is 1. The van der Waals surface area contributed by atoms with Gasteiger partial charge in [-0.05, 0) is 43.5 Å². The van der Waals surface area contributed by atoms with E-state index in [1.165, 1.54) is 6.42 Å². The second-order valence-corrected chi connectivity index (χ2v) is 7.13. The van der Waals surface area contributed by atoms with Gasteiger partial charge < -0.3 is 5.32 Å². The predicted octanol–water partition coefficient (Wildman–Crippen LogP) is 3.18. The minimum absolute atomic E-state index is 0.153. The lowest BCUT2D eigenvalue weighted by Crippen LogP contribution is -2.49. The van der Waals surface area contributed by atoms with Gasteiger partial charge in [0.05, 0.1) is 6.54 Å². The quantitative estimate of drug-likeness (QED) is 0.856. The molecule has 2 atom stereocenters. The predicted molar refractivity (Wildman–Crippen MR) is 95.9 cm³/mol. The average molecular weight is 352 g/mol. The van der Waals surface area contributed by atoms with Crippen LogP contribution in [0.5, 0.6) is 0 Å². The van der Waals surface area contributed by atoms with Crippen molar-refractivity contribution in [3.8, 4) is 0 Å². The van der Waals surface area contributed by atoms with Crippen LogP contribution in [-0.4, -0.2) is 36.5 Å². The molecule has 3 amide bonds. The van der Waals surface area contributed by atoms with Crippen molar-refractivity contribution in [1.29, 1.82) is 0 Å². The molecular formula is C18H26ClN3O2. The molecule has 1 aromatic carbocycles. The van der Waals surface area contributed by atoms with E-state index in [4.69, 9.17) is 11.6 Å². The van der Waals surface area contributed by atoms with E-state index in [0.717, 1.165) is 24.8 Å². The Hall–Kier alpha value is -1.59. The van der Waals surface area contributed by atoms with Crippen molar-refractivity contribution in [2.75, 3.05) is 13.6 Å². The Balaban J connectivity index is 1.74. The molecular weight excluding hydrogens is 326 g/mol. The van der Waals surface area contributed by atoms with Crippen LogP contribution in [0.4, 0.5) is 4.79 Å². The fourth-order valence-corrected chi connectivity index (χ4v) is 3.36. The lowest BCUT2D eigenvalue weighted by atomic mass is 9.86. The summed E-state index contributed by atoms with van der Waals surface area (Å²) in [5.41, 5.74) is 1.03. The molecule has 0 heterocycles. The van der Waals surface area contributed by atoms with Crippen molar-refractivity contribution >= 4 is 23.5 Å². The lowest BCUT2D eigenvalue weighted by molar-refractivity contribution is -0.121. The maximum atomic E-state index is 12.0. The van der Waals surface area contributed by atoms with Crippen LogP contribution in [-0.2, 0) is 11.3 Å². The monoisotopic (exact) mass is 351 g/mol. The van der Waals surface area contributed by atoms with E-state index in [2.05, 4.69) is 17.6 Å². The van der Waals surface area contributed by atoms with Crippen LogP contribution >= 0.6 is 11.6 Å². The first kappa shape index (κ1) is 18.7. The van der Waals surface area contributed by atoms with Gasteiger partial charge in [-0.25, -0.2) is 4.79 Å². The third-order valence-corrected chi connectivity index (χ3v) is 4.67. The molecule has 1 aliphatic rings. The Labute approximate surface area is 148 Å². The van der Waals surface area contributed by atoms with Gasteiger partial charge in [-0.15, -0.1) is 0 Å². The minimum Gasteiger partial charge on any atom is -0.335 e. The summed E-state index contributed by atoms with van der Waals surface area (Å²) in [4.78, 5) is 25.8. The van der Waals surface area contributed by atoms with E-state index in [9.17, 15) is 9.59 Å². The third-order valence-electron chi connectivity index (χ3n) is 4.44. The molecule has 1 aromatic rings. The number of imide groups is 1. The van der Waals surface area contributed by atoms with E-state index in [1.54, 1.807) is 0 Å². The molecule has 1 aliphatic carbocycles. The molecule has 2 unspecified atom stereocenters. The van der Waals surface area contributed by atoms with Gasteiger partial charge in [-0.2, -0.15) is 0 Å². The molecule has 0 aromatic heterocycles. The molecule has 6 heteroatoms. The summed E-state index contributed by atoms with van der Waals surface area (Å²) < 4.78 is 0. The normalized spacial score (nSPS) is 20.7. The number of carbonyl (C=O) groups is 2. The summed E-state index contributed by atoms with van der Waals surface area (Å²) in [6, 6.07) is 7.29. The molecule has 1 saturated carbocycles. The third kappa shape index (κ3) is 6.13. The molecule has 1 fully saturated rings. The van der Waals surface area contributed by atoms with Gasteiger partial charge in [0.15, 0.2) is 0 Å². The number of carbonyl (C=O) groups excluding carboxylic acids is 2. The first-order valence-electron chi connectivity index (χ1n) is 8.47. The van der Waals surface area contributed by atoms with Crippen LogP contribution in [0.1, 0.15) is 38.2 Å². The number of halogens is 1. The highest BCUT2D eigenvalue weighted by Gasteiger charge is 2.23. The molecule has 0 radical (unpaired) electrons. The summed E-state index contributed by atoms with van der Waals surface area (Å²) >= 11 is 5.96. The van der Waals surface area contributed by atoms with E-state index in [0.29, 0.717) is 17.5 Å². The number of hydrogen-bond acceptors (Lipinski definition) is 3. The topological polar surface area (TPSA) is 61.4 Å². The van der Waals surface area contributed by atoms with Crippen molar-refractivity contribution in [3.63, 3.8) is 0 Å². The first-order chi connectivity index (χ1) is 11.4.